The highest BCUT2D eigenvalue weighted by Gasteiger charge is 2.29. The van der Waals surface area contributed by atoms with Gasteiger partial charge in [0.15, 0.2) is 0 Å². The van der Waals surface area contributed by atoms with Crippen LogP contribution in [-0.4, -0.2) is 17.9 Å². The summed E-state index contributed by atoms with van der Waals surface area (Å²) in [6.45, 7) is 2.67. The summed E-state index contributed by atoms with van der Waals surface area (Å²) in [6, 6.07) is 23.7. The van der Waals surface area contributed by atoms with Crippen LogP contribution < -0.4 is 10.2 Å². The summed E-state index contributed by atoms with van der Waals surface area (Å²) < 4.78 is 0. The Bertz CT molecular complexity index is 1180. The van der Waals surface area contributed by atoms with Crippen molar-refractivity contribution in [2.45, 2.75) is 55.0 Å². The third-order valence-corrected chi connectivity index (χ3v) is 7.85. The molecule has 2 atom stereocenters. The molecule has 2 amide bonds. The molecule has 0 radical (unpaired) electrons. The maximum absolute atomic E-state index is 13.7. The van der Waals surface area contributed by atoms with Crippen molar-refractivity contribution in [3.05, 3.63) is 89.5 Å². The Hall–Kier alpha value is -3.05. The number of rotatable bonds is 4. The summed E-state index contributed by atoms with van der Waals surface area (Å²) >= 11 is 1.58. The second kappa shape index (κ2) is 9.44. The molecule has 2 aliphatic rings. The first-order valence-electron chi connectivity index (χ1n) is 11.7. The molecule has 5 rings (SSSR count). The van der Waals surface area contributed by atoms with Gasteiger partial charge in [-0.3, -0.25) is 9.59 Å². The molecule has 33 heavy (non-hydrogen) atoms. The minimum Gasteiger partial charge on any atom is -0.349 e. The third-order valence-electron chi connectivity index (χ3n) is 6.71. The Morgan fingerprint density at radius 2 is 1.73 bits per heavy atom. The fourth-order valence-electron chi connectivity index (χ4n) is 4.77. The van der Waals surface area contributed by atoms with Crippen molar-refractivity contribution < 1.29 is 9.59 Å². The summed E-state index contributed by atoms with van der Waals surface area (Å²) in [5.41, 5.74) is 3.13. The molecule has 0 saturated heterocycles. The Kier molecular flexibility index (Phi) is 6.23. The smallest absolute Gasteiger partial charge is 0.259 e. The Balaban J connectivity index is 1.51. The lowest BCUT2D eigenvalue weighted by Crippen LogP contribution is -2.41. The van der Waals surface area contributed by atoms with Crippen LogP contribution in [0.1, 0.15) is 58.9 Å². The van der Waals surface area contributed by atoms with Crippen LogP contribution in [0.5, 0.6) is 0 Å². The molecular weight excluding hydrogens is 428 g/mol. The fraction of sp³-hybridized carbons (Fsp3) is 0.286. The van der Waals surface area contributed by atoms with Gasteiger partial charge in [0, 0.05) is 21.4 Å². The van der Waals surface area contributed by atoms with Crippen LogP contribution in [0.25, 0.3) is 0 Å². The van der Waals surface area contributed by atoms with E-state index < -0.39 is 0 Å². The van der Waals surface area contributed by atoms with Crippen molar-refractivity contribution in [2.75, 3.05) is 4.90 Å². The number of nitrogens with one attached hydrogen (secondary N) is 1. The molecule has 1 aliphatic heterocycles. The molecule has 1 heterocycles. The van der Waals surface area contributed by atoms with E-state index in [0.29, 0.717) is 23.6 Å². The van der Waals surface area contributed by atoms with E-state index in [1.165, 1.54) is 6.42 Å². The molecule has 3 aromatic carbocycles. The van der Waals surface area contributed by atoms with Gasteiger partial charge in [0.2, 0.25) is 0 Å². The van der Waals surface area contributed by atoms with Crippen LogP contribution in [0.15, 0.2) is 82.6 Å². The molecule has 168 valence electrons. The van der Waals surface area contributed by atoms with E-state index in [2.05, 4.69) is 12.2 Å². The molecule has 1 fully saturated rings. The highest BCUT2D eigenvalue weighted by Crippen LogP contribution is 2.42. The van der Waals surface area contributed by atoms with E-state index in [4.69, 9.17) is 0 Å². The molecule has 3 aromatic rings. The first-order valence-corrected chi connectivity index (χ1v) is 12.5. The van der Waals surface area contributed by atoms with Gasteiger partial charge in [0.05, 0.1) is 17.8 Å². The second-order valence-electron chi connectivity index (χ2n) is 9.00. The molecule has 0 aromatic heterocycles. The van der Waals surface area contributed by atoms with Crippen molar-refractivity contribution in [2.24, 2.45) is 5.92 Å². The SMILES string of the molecule is C[C@@H]1CCCC[C@@H]1NC(=O)c1ccc2c(c1)N(Cc1ccccc1)C(=O)c1ccccc1S2. The minimum atomic E-state index is -0.0598. The Labute approximate surface area is 199 Å². The molecule has 0 spiro atoms. The van der Waals surface area contributed by atoms with Gasteiger partial charge >= 0.3 is 0 Å². The predicted molar refractivity (Wildman–Crippen MR) is 133 cm³/mol. The number of benzene rings is 3. The van der Waals surface area contributed by atoms with Gasteiger partial charge < -0.3 is 10.2 Å². The molecule has 0 bridgehead atoms. The van der Waals surface area contributed by atoms with Crippen LogP contribution >= 0.6 is 11.8 Å². The Morgan fingerprint density at radius 3 is 2.55 bits per heavy atom. The highest BCUT2D eigenvalue weighted by atomic mass is 32.2. The molecular formula is C28H28N2O2S. The van der Waals surface area contributed by atoms with Gasteiger partial charge in [-0.2, -0.15) is 0 Å². The second-order valence-corrected chi connectivity index (χ2v) is 10.1. The molecule has 5 heteroatoms. The predicted octanol–water partition coefficient (Wildman–Crippen LogP) is 6.31. The van der Waals surface area contributed by atoms with Crippen molar-refractivity contribution in [1.82, 2.24) is 5.32 Å². The van der Waals surface area contributed by atoms with E-state index in [-0.39, 0.29) is 17.9 Å². The van der Waals surface area contributed by atoms with E-state index in [9.17, 15) is 9.59 Å². The van der Waals surface area contributed by atoms with E-state index >= 15 is 0 Å². The average molecular weight is 457 g/mol. The summed E-state index contributed by atoms with van der Waals surface area (Å²) in [5.74, 6) is 0.388. The molecule has 1 N–H and O–H groups in total. The standard InChI is InChI=1S/C28H28N2O2S/c1-19-9-5-7-13-23(19)29-27(31)21-15-16-26-24(17-21)30(18-20-10-3-2-4-11-20)28(32)22-12-6-8-14-25(22)33-26/h2-4,6,8,10-12,14-17,19,23H,5,7,9,13,18H2,1H3,(H,29,31)/t19-,23+/m1/s1. The fourth-order valence-corrected chi connectivity index (χ4v) is 5.83. The van der Waals surface area contributed by atoms with Crippen LogP contribution in [0.4, 0.5) is 5.69 Å². The van der Waals surface area contributed by atoms with Crippen molar-refractivity contribution in [3.8, 4) is 0 Å². The van der Waals surface area contributed by atoms with Gasteiger partial charge in [-0.05, 0) is 54.7 Å². The van der Waals surface area contributed by atoms with Gasteiger partial charge in [0.25, 0.3) is 11.8 Å². The Morgan fingerprint density at radius 1 is 0.970 bits per heavy atom. The molecule has 4 nitrogen and oxygen atoms in total. The van der Waals surface area contributed by atoms with Crippen LogP contribution in [0.2, 0.25) is 0 Å². The number of carbonyl (C=O) groups is 2. The lowest BCUT2D eigenvalue weighted by molar-refractivity contribution is 0.0908. The lowest BCUT2D eigenvalue weighted by Gasteiger charge is -2.29. The average Bonchev–Trinajstić information content (AvgIpc) is 2.95. The molecule has 1 aliphatic carbocycles. The first-order chi connectivity index (χ1) is 16.1. The highest BCUT2D eigenvalue weighted by molar-refractivity contribution is 7.99. The number of amides is 2. The normalized spacial score (nSPS) is 19.9. The van der Waals surface area contributed by atoms with Gasteiger partial charge in [0.1, 0.15) is 0 Å². The minimum absolute atomic E-state index is 0.0424. The first kappa shape index (κ1) is 21.8. The van der Waals surface area contributed by atoms with Crippen LogP contribution in [0.3, 0.4) is 0 Å². The topological polar surface area (TPSA) is 49.4 Å². The number of fused-ring (bicyclic) bond motifs is 2. The van der Waals surface area contributed by atoms with Gasteiger partial charge in [-0.15, -0.1) is 0 Å². The number of nitrogens with zero attached hydrogens (tertiary/aromatic N) is 1. The van der Waals surface area contributed by atoms with E-state index in [1.807, 2.05) is 77.7 Å². The third kappa shape index (κ3) is 4.55. The number of anilines is 1. The van der Waals surface area contributed by atoms with Crippen LogP contribution in [0, 0.1) is 5.92 Å². The number of carbonyl (C=O) groups excluding carboxylic acids is 2. The summed E-state index contributed by atoms with van der Waals surface area (Å²) in [7, 11) is 0. The van der Waals surface area contributed by atoms with Gasteiger partial charge in [-0.1, -0.05) is 74.0 Å². The van der Waals surface area contributed by atoms with Crippen molar-refractivity contribution in [3.63, 3.8) is 0 Å². The largest absolute Gasteiger partial charge is 0.349 e. The lowest BCUT2D eigenvalue weighted by atomic mass is 9.86. The zero-order valence-electron chi connectivity index (χ0n) is 18.8. The number of hydrogen-bond acceptors (Lipinski definition) is 3. The van der Waals surface area contributed by atoms with Crippen LogP contribution in [-0.2, 0) is 6.54 Å². The maximum Gasteiger partial charge on any atom is 0.259 e. The molecule has 1 saturated carbocycles. The number of hydrogen-bond donors (Lipinski definition) is 1. The zero-order valence-corrected chi connectivity index (χ0v) is 19.6. The van der Waals surface area contributed by atoms with Crippen molar-refractivity contribution >= 4 is 29.3 Å². The van der Waals surface area contributed by atoms with Crippen molar-refractivity contribution in [1.29, 1.82) is 0 Å². The van der Waals surface area contributed by atoms with Gasteiger partial charge in [-0.25, -0.2) is 0 Å². The quantitative estimate of drug-likeness (QED) is 0.501. The monoisotopic (exact) mass is 456 g/mol. The van der Waals surface area contributed by atoms with E-state index in [1.54, 1.807) is 11.8 Å². The summed E-state index contributed by atoms with van der Waals surface area (Å²) in [4.78, 5) is 30.6. The summed E-state index contributed by atoms with van der Waals surface area (Å²) in [5, 5.41) is 3.25. The van der Waals surface area contributed by atoms with E-state index in [0.717, 1.165) is 40.3 Å². The molecule has 0 unspecified atom stereocenters. The maximum atomic E-state index is 13.7. The zero-order chi connectivity index (χ0) is 22.8. The summed E-state index contributed by atoms with van der Waals surface area (Å²) in [6.07, 6.45) is 4.58.